The van der Waals surface area contributed by atoms with Gasteiger partial charge in [-0.15, -0.1) is 0 Å². The number of aliphatic imine (C=N–C) groups is 1. The third-order valence-corrected chi connectivity index (χ3v) is 4.11. The molecule has 2 heterocycles. The van der Waals surface area contributed by atoms with E-state index >= 15 is 0 Å². The van der Waals surface area contributed by atoms with Gasteiger partial charge in [0, 0.05) is 42.2 Å². The molecule has 3 nitrogen and oxygen atoms in total. The molecule has 3 rings (SSSR count). The number of fused-ring (bicyclic) bond motifs is 1. The van der Waals surface area contributed by atoms with Crippen LogP contribution in [0.5, 0.6) is 0 Å². The van der Waals surface area contributed by atoms with Crippen molar-refractivity contribution in [1.82, 2.24) is 5.32 Å². The number of nitrogens with zero attached hydrogens (tertiary/aromatic N) is 1. The van der Waals surface area contributed by atoms with Gasteiger partial charge in [-0.05, 0) is 36.5 Å². The van der Waals surface area contributed by atoms with E-state index in [0.717, 1.165) is 31.5 Å². The molecule has 0 fully saturated rings. The summed E-state index contributed by atoms with van der Waals surface area (Å²) in [4.78, 5) is 4.43. The first-order valence-corrected chi connectivity index (χ1v) is 7.14. The summed E-state index contributed by atoms with van der Waals surface area (Å²) in [5, 5.41) is 3.28. The first-order chi connectivity index (χ1) is 9.28. The topological polar surface area (TPSA) is 50.4 Å². The molecule has 0 saturated carbocycles. The van der Waals surface area contributed by atoms with Crippen molar-refractivity contribution < 1.29 is 0 Å². The minimum Gasteiger partial charge on any atom is -0.398 e. The summed E-state index contributed by atoms with van der Waals surface area (Å²) in [6.07, 6.45) is 14.1. The van der Waals surface area contributed by atoms with Gasteiger partial charge in [-0.25, -0.2) is 0 Å². The van der Waals surface area contributed by atoms with Crippen molar-refractivity contribution in [3.8, 4) is 0 Å². The van der Waals surface area contributed by atoms with Crippen LogP contribution in [-0.2, 0) is 0 Å². The molecule has 3 N–H and O–H groups in total. The molecule has 2 atom stereocenters. The number of hydrogen-bond donors (Lipinski definition) is 2. The minimum absolute atomic E-state index is 0.447. The van der Waals surface area contributed by atoms with E-state index in [1.165, 1.54) is 16.8 Å². The molecule has 0 amide bonds. The maximum Gasteiger partial charge on any atom is 0.0370 e. The van der Waals surface area contributed by atoms with Crippen LogP contribution in [0.4, 0.5) is 0 Å². The highest BCUT2D eigenvalue weighted by atomic mass is 14.8. The summed E-state index contributed by atoms with van der Waals surface area (Å²) < 4.78 is 0. The van der Waals surface area contributed by atoms with Gasteiger partial charge in [-0.3, -0.25) is 4.99 Å². The Hall–Kier alpha value is -1.77. The summed E-state index contributed by atoms with van der Waals surface area (Å²) >= 11 is 0. The third kappa shape index (κ3) is 2.37. The van der Waals surface area contributed by atoms with Crippen molar-refractivity contribution in [1.29, 1.82) is 0 Å². The molecule has 0 aromatic rings. The molecule has 2 aliphatic heterocycles. The van der Waals surface area contributed by atoms with Crippen LogP contribution in [-0.4, -0.2) is 12.8 Å². The summed E-state index contributed by atoms with van der Waals surface area (Å²) in [5.41, 5.74) is 10.9. The maximum absolute atomic E-state index is 6.21. The predicted molar refractivity (Wildman–Crippen MR) is 79.5 cm³/mol. The molecule has 19 heavy (non-hydrogen) atoms. The smallest absolute Gasteiger partial charge is 0.0370 e. The highest BCUT2D eigenvalue weighted by Crippen LogP contribution is 2.34. The van der Waals surface area contributed by atoms with Crippen molar-refractivity contribution in [2.75, 3.05) is 6.54 Å². The number of nitrogens with one attached hydrogen (secondary N) is 1. The van der Waals surface area contributed by atoms with Gasteiger partial charge in [0.25, 0.3) is 0 Å². The Morgan fingerprint density at radius 3 is 3.11 bits per heavy atom. The molecule has 2 unspecified atom stereocenters. The number of allylic oxidation sites excluding steroid dienone is 6. The summed E-state index contributed by atoms with van der Waals surface area (Å²) in [7, 11) is 0. The molecule has 3 heteroatoms. The average molecular weight is 255 g/mol. The van der Waals surface area contributed by atoms with Crippen molar-refractivity contribution in [2.45, 2.75) is 26.2 Å². The first kappa shape index (κ1) is 12.3. The quantitative estimate of drug-likeness (QED) is 0.797. The van der Waals surface area contributed by atoms with Crippen molar-refractivity contribution >= 4 is 6.21 Å². The van der Waals surface area contributed by atoms with E-state index in [2.05, 4.69) is 41.7 Å². The Labute approximate surface area is 114 Å². The zero-order valence-electron chi connectivity index (χ0n) is 11.4. The number of nitrogens with two attached hydrogens (primary N) is 1. The van der Waals surface area contributed by atoms with Gasteiger partial charge < -0.3 is 11.1 Å². The van der Waals surface area contributed by atoms with E-state index in [9.17, 15) is 0 Å². The van der Waals surface area contributed by atoms with Gasteiger partial charge in [-0.1, -0.05) is 19.1 Å². The van der Waals surface area contributed by atoms with Crippen LogP contribution in [0.25, 0.3) is 0 Å². The van der Waals surface area contributed by atoms with Crippen LogP contribution in [0, 0.1) is 11.8 Å². The standard InChI is InChI=1S/C16H21N3/c1-2-14-8-11(4-6-19-14)13-7-12-3-5-18-10-15(12)16(17)9-13/h6-12,18H,2-5,17H2,1H3. The van der Waals surface area contributed by atoms with Gasteiger partial charge >= 0.3 is 0 Å². The maximum atomic E-state index is 6.21. The van der Waals surface area contributed by atoms with E-state index in [1.807, 2.05) is 6.21 Å². The van der Waals surface area contributed by atoms with Crippen LogP contribution in [0.1, 0.15) is 26.2 Å². The van der Waals surface area contributed by atoms with Gasteiger partial charge in [0.2, 0.25) is 0 Å². The Bertz CT molecular complexity index is 520. The number of hydrogen-bond acceptors (Lipinski definition) is 3. The Morgan fingerprint density at radius 1 is 1.37 bits per heavy atom. The van der Waals surface area contributed by atoms with Crippen LogP contribution in [0.3, 0.4) is 0 Å². The SMILES string of the molecule is CCC1=CC(C2=CC3CCNC=C3C(N)=C2)CC=N1. The zero-order chi connectivity index (χ0) is 13.2. The summed E-state index contributed by atoms with van der Waals surface area (Å²) in [6, 6.07) is 0. The highest BCUT2D eigenvalue weighted by Gasteiger charge is 2.24. The fourth-order valence-electron chi connectivity index (χ4n) is 3.00. The van der Waals surface area contributed by atoms with E-state index in [4.69, 9.17) is 5.73 Å². The Morgan fingerprint density at radius 2 is 2.26 bits per heavy atom. The molecular formula is C16H21N3. The number of rotatable bonds is 2. The van der Waals surface area contributed by atoms with E-state index in [1.54, 1.807) is 0 Å². The van der Waals surface area contributed by atoms with Crippen LogP contribution in [0.15, 0.2) is 52.0 Å². The second-order valence-electron chi connectivity index (χ2n) is 5.38. The second kappa shape index (κ2) is 5.08. The van der Waals surface area contributed by atoms with Gasteiger partial charge in [0.1, 0.15) is 0 Å². The molecule has 1 aliphatic carbocycles. The van der Waals surface area contributed by atoms with E-state index in [0.29, 0.717) is 11.8 Å². The van der Waals surface area contributed by atoms with E-state index in [-0.39, 0.29) is 0 Å². The predicted octanol–water partition coefficient (Wildman–Crippen LogP) is 2.65. The van der Waals surface area contributed by atoms with Gasteiger partial charge in [-0.2, -0.15) is 0 Å². The van der Waals surface area contributed by atoms with E-state index < -0.39 is 0 Å². The molecule has 100 valence electrons. The molecule has 0 aromatic heterocycles. The molecule has 0 saturated heterocycles. The molecule has 0 radical (unpaired) electrons. The molecule has 0 aromatic carbocycles. The molecule has 0 bridgehead atoms. The summed E-state index contributed by atoms with van der Waals surface area (Å²) in [6.45, 7) is 3.19. The lowest BCUT2D eigenvalue weighted by Gasteiger charge is -2.29. The highest BCUT2D eigenvalue weighted by molar-refractivity contribution is 5.63. The third-order valence-electron chi connectivity index (χ3n) is 4.11. The van der Waals surface area contributed by atoms with Crippen molar-refractivity contribution in [2.24, 2.45) is 22.6 Å². The monoisotopic (exact) mass is 255 g/mol. The van der Waals surface area contributed by atoms with Crippen LogP contribution < -0.4 is 11.1 Å². The summed E-state index contributed by atoms with van der Waals surface area (Å²) in [5.74, 6) is 0.932. The fraction of sp³-hybridized carbons (Fsp3) is 0.438. The molecular weight excluding hydrogens is 234 g/mol. The molecule has 3 aliphatic rings. The Kier molecular flexibility index (Phi) is 3.28. The van der Waals surface area contributed by atoms with Crippen molar-refractivity contribution in [3.63, 3.8) is 0 Å². The largest absolute Gasteiger partial charge is 0.398 e. The lowest BCUT2D eigenvalue weighted by Crippen LogP contribution is -2.26. The molecule has 0 spiro atoms. The lowest BCUT2D eigenvalue weighted by atomic mass is 9.80. The van der Waals surface area contributed by atoms with Gasteiger partial charge in [0.05, 0.1) is 0 Å². The van der Waals surface area contributed by atoms with Crippen molar-refractivity contribution in [3.05, 3.63) is 47.0 Å². The second-order valence-corrected chi connectivity index (χ2v) is 5.38. The normalized spacial score (nSPS) is 29.5. The lowest BCUT2D eigenvalue weighted by molar-refractivity contribution is 0.592. The average Bonchev–Trinajstić information content (AvgIpc) is 2.47. The Balaban J connectivity index is 1.88. The fourth-order valence-corrected chi connectivity index (χ4v) is 3.00. The minimum atomic E-state index is 0.447. The van der Waals surface area contributed by atoms with Gasteiger partial charge in [0.15, 0.2) is 0 Å². The zero-order valence-corrected chi connectivity index (χ0v) is 11.4. The van der Waals surface area contributed by atoms with Crippen LogP contribution >= 0.6 is 0 Å². The van der Waals surface area contributed by atoms with Crippen LogP contribution in [0.2, 0.25) is 0 Å². The first-order valence-electron chi connectivity index (χ1n) is 7.14.